The van der Waals surface area contributed by atoms with Gasteiger partial charge in [0.25, 0.3) is 0 Å². The Morgan fingerprint density at radius 1 is 1.20 bits per heavy atom. The zero-order valence-electron chi connectivity index (χ0n) is 12.9. The van der Waals surface area contributed by atoms with Gasteiger partial charge in [-0.25, -0.2) is 0 Å². The highest BCUT2D eigenvalue weighted by Crippen LogP contribution is 2.22. The van der Waals surface area contributed by atoms with Gasteiger partial charge >= 0.3 is 0 Å². The van der Waals surface area contributed by atoms with Crippen molar-refractivity contribution in [3.05, 3.63) is 35.9 Å². The molecule has 1 aliphatic rings. The topological polar surface area (TPSA) is 29.3 Å². The van der Waals surface area contributed by atoms with Crippen molar-refractivity contribution < 1.29 is 0 Å². The molecule has 0 spiro atoms. The first kappa shape index (κ1) is 15.5. The molecule has 2 heteroatoms. The predicted molar refractivity (Wildman–Crippen MR) is 86.8 cm³/mol. The van der Waals surface area contributed by atoms with Crippen LogP contribution in [-0.2, 0) is 6.42 Å². The minimum Gasteiger partial charge on any atom is -0.330 e. The maximum Gasteiger partial charge on any atom is -0.00156 e. The Labute approximate surface area is 124 Å². The normalized spacial score (nSPS) is 19.1. The Kier molecular flexibility index (Phi) is 6.55. The number of likely N-dealkylation sites (tertiary alicyclic amines) is 1. The van der Waals surface area contributed by atoms with Gasteiger partial charge in [-0.15, -0.1) is 0 Å². The van der Waals surface area contributed by atoms with Crippen molar-refractivity contribution in [2.45, 2.75) is 39.0 Å². The highest BCUT2D eigenvalue weighted by molar-refractivity contribution is 5.15. The van der Waals surface area contributed by atoms with Gasteiger partial charge in [0.1, 0.15) is 0 Å². The van der Waals surface area contributed by atoms with Gasteiger partial charge in [0.05, 0.1) is 0 Å². The number of hydrogen-bond donors (Lipinski definition) is 1. The molecule has 1 aliphatic heterocycles. The molecule has 2 nitrogen and oxygen atoms in total. The smallest absolute Gasteiger partial charge is 0.00156 e. The summed E-state index contributed by atoms with van der Waals surface area (Å²) in [6.07, 6.45) is 6.47. The number of rotatable bonds is 7. The molecule has 1 heterocycles. The quantitative estimate of drug-likeness (QED) is 0.826. The third-order valence-electron chi connectivity index (χ3n) is 4.84. The first-order valence-electron chi connectivity index (χ1n) is 8.28. The number of hydrogen-bond acceptors (Lipinski definition) is 2. The second-order valence-corrected chi connectivity index (χ2v) is 6.27. The molecular formula is C18H30N2. The van der Waals surface area contributed by atoms with Crippen molar-refractivity contribution >= 4 is 0 Å². The second-order valence-electron chi connectivity index (χ2n) is 6.27. The Balaban J connectivity index is 1.67. The van der Waals surface area contributed by atoms with Crippen molar-refractivity contribution in [3.63, 3.8) is 0 Å². The molecule has 0 amide bonds. The van der Waals surface area contributed by atoms with Crippen LogP contribution in [0.2, 0.25) is 0 Å². The molecule has 1 unspecified atom stereocenters. The molecule has 1 fully saturated rings. The summed E-state index contributed by atoms with van der Waals surface area (Å²) in [7, 11) is 0. The third kappa shape index (κ3) is 4.92. The first-order chi connectivity index (χ1) is 9.81. The summed E-state index contributed by atoms with van der Waals surface area (Å²) in [4.78, 5) is 2.64. The lowest BCUT2D eigenvalue weighted by Crippen LogP contribution is -2.36. The van der Waals surface area contributed by atoms with Crippen LogP contribution in [0, 0.1) is 11.8 Å². The van der Waals surface area contributed by atoms with Crippen LogP contribution >= 0.6 is 0 Å². The summed E-state index contributed by atoms with van der Waals surface area (Å²) in [5.74, 6) is 1.60. The predicted octanol–water partition coefficient (Wildman–Crippen LogP) is 3.32. The van der Waals surface area contributed by atoms with E-state index in [-0.39, 0.29) is 0 Å². The molecule has 2 rings (SSSR count). The molecule has 2 N–H and O–H groups in total. The van der Waals surface area contributed by atoms with E-state index in [1.165, 1.54) is 57.3 Å². The van der Waals surface area contributed by atoms with Crippen molar-refractivity contribution in [2.75, 3.05) is 26.2 Å². The van der Waals surface area contributed by atoms with E-state index in [9.17, 15) is 0 Å². The van der Waals surface area contributed by atoms with E-state index in [0.717, 1.165) is 18.4 Å². The second kappa shape index (κ2) is 8.43. The van der Waals surface area contributed by atoms with Gasteiger partial charge in [-0.1, -0.05) is 43.7 Å². The van der Waals surface area contributed by atoms with Gasteiger partial charge < -0.3 is 10.6 Å². The summed E-state index contributed by atoms with van der Waals surface area (Å²) in [6, 6.07) is 10.9. The van der Waals surface area contributed by atoms with E-state index in [0.29, 0.717) is 0 Å². The monoisotopic (exact) mass is 274 g/mol. The SMILES string of the molecule is CCC(CN)CCN1CCC(Cc2ccccc2)CC1. The van der Waals surface area contributed by atoms with Crippen LogP contribution in [0.1, 0.15) is 38.2 Å². The van der Waals surface area contributed by atoms with Gasteiger partial charge in [0, 0.05) is 0 Å². The van der Waals surface area contributed by atoms with Gasteiger partial charge in [-0.3, -0.25) is 0 Å². The van der Waals surface area contributed by atoms with E-state index >= 15 is 0 Å². The Bertz CT molecular complexity index is 351. The lowest BCUT2D eigenvalue weighted by Gasteiger charge is -2.32. The highest BCUT2D eigenvalue weighted by Gasteiger charge is 2.19. The molecule has 1 aromatic carbocycles. The van der Waals surface area contributed by atoms with E-state index < -0.39 is 0 Å². The van der Waals surface area contributed by atoms with E-state index in [2.05, 4.69) is 42.2 Å². The minimum absolute atomic E-state index is 0.719. The largest absolute Gasteiger partial charge is 0.330 e. The summed E-state index contributed by atoms with van der Waals surface area (Å²) in [5, 5.41) is 0. The van der Waals surface area contributed by atoms with Gasteiger partial charge in [-0.2, -0.15) is 0 Å². The average Bonchev–Trinajstić information content (AvgIpc) is 2.51. The van der Waals surface area contributed by atoms with Gasteiger partial charge in [-0.05, 0) is 69.3 Å². The van der Waals surface area contributed by atoms with Crippen LogP contribution in [-0.4, -0.2) is 31.1 Å². The van der Waals surface area contributed by atoms with Crippen molar-refractivity contribution in [1.29, 1.82) is 0 Å². The summed E-state index contributed by atoms with van der Waals surface area (Å²) < 4.78 is 0. The van der Waals surface area contributed by atoms with Crippen LogP contribution < -0.4 is 5.73 Å². The number of benzene rings is 1. The van der Waals surface area contributed by atoms with Gasteiger partial charge in [0.15, 0.2) is 0 Å². The van der Waals surface area contributed by atoms with E-state index in [1.54, 1.807) is 0 Å². The molecular weight excluding hydrogens is 244 g/mol. The summed E-state index contributed by atoms with van der Waals surface area (Å²) >= 11 is 0. The summed E-state index contributed by atoms with van der Waals surface area (Å²) in [5.41, 5.74) is 7.29. The summed E-state index contributed by atoms with van der Waals surface area (Å²) in [6.45, 7) is 6.90. The van der Waals surface area contributed by atoms with Gasteiger partial charge in [0.2, 0.25) is 0 Å². The van der Waals surface area contributed by atoms with E-state index in [1.807, 2.05) is 0 Å². The zero-order valence-corrected chi connectivity index (χ0v) is 12.9. The zero-order chi connectivity index (χ0) is 14.2. The lowest BCUT2D eigenvalue weighted by atomic mass is 9.90. The number of nitrogens with two attached hydrogens (primary N) is 1. The molecule has 112 valence electrons. The molecule has 0 saturated carbocycles. The van der Waals surface area contributed by atoms with Crippen molar-refractivity contribution in [1.82, 2.24) is 4.90 Å². The first-order valence-corrected chi connectivity index (χ1v) is 8.28. The van der Waals surface area contributed by atoms with Crippen LogP contribution in [0.3, 0.4) is 0 Å². The van der Waals surface area contributed by atoms with Crippen LogP contribution in [0.15, 0.2) is 30.3 Å². The van der Waals surface area contributed by atoms with Crippen LogP contribution in [0.25, 0.3) is 0 Å². The maximum absolute atomic E-state index is 5.79. The molecule has 0 bridgehead atoms. The highest BCUT2D eigenvalue weighted by atomic mass is 15.1. The fraction of sp³-hybridized carbons (Fsp3) is 0.667. The van der Waals surface area contributed by atoms with E-state index in [4.69, 9.17) is 5.73 Å². The molecule has 20 heavy (non-hydrogen) atoms. The number of piperidine rings is 1. The fourth-order valence-electron chi connectivity index (χ4n) is 3.22. The van der Waals surface area contributed by atoms with Crippen molar-refractivity contribution in [3.8, 4) is 0 Å². The van der Waals surface area contributed by atoms with Crippen LogP contribution in [0.5, 0.6) is 0 Å². The molecule has 0 radical (unpaired) electrons. The van der Waals surface area contributed by atoms with Crippen LogP contribution in [0.4, 0.5) is 0 Å². The standard InChI is InChI=1S/C18H30N2/c1-2-16(15-19)8-11-20-12-9-18(10-13-20)14-17-6-4-3-5-7-17/h3-7,16,18H,2,8-15,19H2,1H3. The average molecular weight is 274 g/mol. The minimum atomic E-state index is 0.719. The molecule has 1 aromatic rings. The molecule has 1 saturated heterocycles. The third-order valence-corrected chi connectivity index (χ3v) is 4.84. The maximum atomic E-state index is 5.79. The lowest BCUT2D eigenvalue weighted by molar-refractivity contribution is 0.173. The van der Waals surface area contributed by atoms with Crippen molar-refractivity contribution in [2.24, 2.45) is 17.6 Å². The Hall–Kier alpha value is -0.860. The Morgan fingerprint density at radius 2 is 1.90 bits per heavy atom. The molecule has 0 aliphatic carbocycles. The fourth-order valence-corrected chi connectivity index (χ4v) is 3.22. The molecule has 1 atom stereocenters. The number of nitrogens with zero attached hydrogens (tertiary/aromatic N) is 1. The molecule has 0 aromatic heterocycles. The Morgan fingerprint density at radius 3 is 2.50 bits per heavy atom.